The van der Waals surface area contributed by atoms with Crippen LogP contribution in [0.25, 0.3) is 0 Å². The molecule has 0 bridgehead atoms. The molecule has 7 heteroatoms. The minimum Gasteiger partial charge on any atom is -0.374 e. The monoisotopic (exact) mass is 418 g/mol. The Balaban J connectivity index is 2.59. The molecule has 0 aromatic heterocycles. The van der Waals surface area contributed by atoms with E-state index in [2.05, 4.69) is 37.2 Å². The zero-order valence-corrected chi connectivity index (χ0v) is 21.2. The fraction of sp³-hybridized carbons (Fsp3) is 1.00. The van der Waals surface area contributed by atoms with E-state index in [1.807, 2.05) is 20.8 Å². The van der Waals surface area contributed by atoms with Crippen LogP contribution in [0.4, 0.5) is 0 Å². The van der Waals surface area contributed by atoms with Crippen molar-refractivity contribution in [2.24, 2.45) is 5.92 Å². The van der Waals surface area contributed by atoms with E-state index in [0.717, 1.165) is 12.6 Å². The molecule has 0 amide bonds. The van der Waals surface area contributed by atoms with Crippen LogP contribution >= 0.6 is 0 Å². The van der Waals surface area contributed by atoms with Gasteiger partial charge in [-0.25, -0.2) is 0 Å². The van der Waals surface area contributed by atoms with Gasteiger partial charge in [0.15, 0.2) is 0 Å². The van der Waals surface area contributed by atoms with E-state index < -0.39 is 17.0 Å². The maximum Gasteiger partial charge on any atom is 0.501 e. The summed E-state index contributed by atoms with van der Waals surface area (Å²) in [6.07, 6.45) is 0. The Morgan fingerprint density at radius 1 is 0.741 bits per heavy atom. The van der Waals surface area contributed by atoms with Gasteiger partial charge in [-0.05, 0) is 44.8 Å². The van der Waals surface area contributed by atoms with Gasteiger partial charge in [0.1, 0.15) is 8.24 Å². The smallest absolute Gasteiger partial charge is 0.374 e. The highest BCUT2D eigenvalue weighted by Crippen LogP contribution is 2.27. The van der Waals surface area contributed by atoms with Crippen molar-refractivity contribution in [3.05, 3.63) is 0 Å². The van der Waals surface area contributed by atoms with E-state index >= 15 is 0 Å². The lowest BCUT2D eigenvalue weighted by Crippen LogP contribution is -2.60. The van der Waals surface area contributed by atoms with Crippen molar-refractivity contribution in [3.8, 4) is 0 Å². The highest BCUT2D eigenvalue weighted by Gasteiger charge is 2.42. The Morgan fingerprint density at radius 2 is 1.19 bits per heavy atom. The minimum atomic E-state index is -2.53. The van der Waals surface area contributed by atoms with E-state index in [4.69, 9.17) is 13.3 Å². The molecule has 5 nitrogen and oxygen atoms in total. The van der Waals surface area contributed by atoms with E-state index in [1.54, 1.807) is 0 Å². The van der Waals surface area contributed by atoms with Gasteiger partial charge >= 0.3 is 8.80 Å². The van der Waals surface area contributed by atoms with Crippen LogP contribution in [0.15, 0.2) is 0 Å². The van der Waals surface area contributed by atoms with E-state index in [-0.39, 0.29) is 0 Å². The molecule has 0 aliphatic carbocycles. The zero-order chi connectivity index (χ0) is 20.3. The second-order valence-corrected chi connectivity index (χ2v) is 15.7. The van der Waals surface area contributed by atoms with Gasteiger partial charge in [-0.2, -0.15) is 0 Å². The highest BCUT2D eigenvalue weighted by atomic mass is 28.4. The molecule has 1 heterocycles. The first kappa shape index (κ1) is 25.3. The molecule has 0 aromatic rings. The fourth-order valence-corrected chi connectivity index (χ4v) is 11.6. The van der Waals surface area contributed by atoms with Crippen molar-refractivity contribution < 1.29 is 13.3 Å². The SMILES string of the molecule is CCO[Si](CC(C)CN1CCN([Si](CC)(CC)CC)CC1)(OCC)OCC. The van der Waals surface area contributed by atoms with E-state index in [1.165, 1.54) is 44.3 Å². The average Bonchev–Trinajstić information content (AvgIpc) is 2.65. The lowest BCUT2D eigenvalue weighted by molar-refractivity contribution is 0.0646. The van der Waals surface area contributed by atoms with E-state index in [9.17, 15) is 0 Å². The minimum absolute atomic E-state index is 0.526. The van der Waals surface area contributed by atoms with Crippen molar-refractivity contribution in [2.75, 3.05) is 52.5 Å². The molecule has 0 aromatic carbocycles. The Kier molecular flexibility index (Phi) is 11.9. The molecule has 162 valence electrons. The van der Waals surface area contributed by atoms with Crippen molar-refractivity contribution >= 4 is 17.0 Å². The molecule has 0 N–H and O–H groups in total. The molecule has 1 saturated heterocycles. The van der Waals surface area contributed by atoms with Crippen LogP contribution < -0.4 is 0 Å². The summed E-state index contributed by atoms with van der Waals surface area (Å²) in [5.41, 5.74) is 0. The summed E-state index contributed by atoms with van der Waals surface area (Å²) < 4.78 is 21.0. The average molecular weight is 419 g/mol. The molecule has 0 saturated carbocycles. The summed E-state index contributed by atoms with van der Waals surface area (Å²) in [5, 5.41) is 0. The quantitative estimate of drug-likeness (QED) is 0.393. The maximum atomic E-state index is 6.05. The van der Waals surface area contributed by atoms with Gasteiger partial charge in [0.2, 0.25) is 0 Å². The molecule has 1 rings (SSSR count). The molecule has 1 aliphatic heterocycles. The fourth-order valence-electron chi connectivity index (χ4n) is 4.72. The Morgan fingerprint density at radius 3 is 1.56 bits per heavy atom. The van der Waals surface area contributed by atoms with Gasteiger partial charge in [-0.1, -0.05) is 27.7 Å². The van der Waals surface area contributed by atoms with Crippen LogP contribution in [0.3, 0.4) is 0 Å². The van der Waals surface area contributed by atoms with Crippen LogP contribution in [0, 0.1) is 5.92 Å². The first-order chi connectivity index (χ1) is 12.9. The summed E-state index contributed by atoms with van der Waals surface area (Å²) in [7, 11) is -3.74. The number of rotatable bonds is 14. The molecule has 1 unspecified atom stereocenters. The van der Waals surface area contributed by atoms with Crippen LogP contribution in [0.1, 0.15) is 48.5 Å². The van der Waals surface area contributed by atoms with Crippen LogP contribution in [0.5, 0.6) is 0 Å². The third kappa shape index (κ3) is 7.21. The van der Waals surface area contributed by atoms with Crippen LogP contribution in [-0.2, 0) is 13.3 Å². The van der Waals surface area contributed by atoms with Gasteiger partial charge in [0, 0.05) is 58.6 Å². The van der Waals surface area contributed by atoms with Gasteiger partial charge < -0.3 is 22.7 Å². The summed E-state index contributed by atoms with van der Waals surface area (Å²) in [6, 6.07) is 5.09. The Labute approximate surface area is 171 Å². The maximum absolute atomic E-state index is 6.05. The third-order valence-electron chi connectivity index (χ3n) is 6.28. The first-order valence-corrected chi connectivity index (χ1v) is 15.8. The predicted octanol–water partition coefficient (Wildman–Crippen LogP) is 4.29. The van der Waals surface area contributed by atoms with Gasteiger partial charge in [0.25, 0.3) is 0 Å². The summed E-state index contributed by atoms with van der Waals surface area (Å²) in [4.78, 5) is 2.64. The van der Waals surface area contributed by atoms with Crippen molar-refractivity contribution in [2.45, 2.75) is 72.6 Å². The summed E-state index contributed by atoms with van der Waals surface area (Å²) in [6.45, 7) is 23.7. The molecular weight excluding hydrogens is 372 g/mol. The molecule has 1 aliphatic rings. The highest BCUT2D eigenvalue weighted by molar-refractivity contribution is 6.77. The van der Waals surface area contributed by atoms with E-state index in [0.29, 0.717) is 25.7 Å². The summed E-state index contributed by atoms with van der Waals surface area (Å²) >= 11 is 0. The number of hydrogen-bond acceptors (Lipinski definition) is 5. The number of nitrogens with zero attached hydrogens (tertiary/aromatic N) is 2. The lowest BCUT2D eigenvalue weighted by atomic mass is 10.2. The van der Waals surface area contributed by atoms with Gasteiger partial charge in [0.05, 0.1) is 0 Å². The standard InChI is InChI=1S/C20H46N2O3Si2/c1-8-23-27(24-9-2,25-10-3)19-20(7)18-21-14-16-22(17-15-21)26(11-4,12-5)13-6/h20H,8-19H2,1-7H3. The van der Waals surface area contributed by atoms with Crippen molar-refractivity contribution in [3.63, 3.8) is 0 Å². The largest absolute Gasteiger partial charge is 0.501 e. The molecule has 1 fully saturated rings. The molecule has 27 heavy (non-hydrogen) atoms. The van der Waals surface area contributed by atoms with Crippen molar-refractivity contribution in [1.29, 1.82) is 0 Å². The molecule has 0 radical (unpaired) electrons. The predicted molar refractivity (Wildman–Crippen MR) is 120 cm³/mol. The van der Waals surface area contributed by atoms with Gasteiger partial charge in [-0.15, -0.1) is 0 Å². The van der Waals surface area contributed by atoms with Crippen LogP contribution in [-0.4, -0.2) is 79.0 Å². The first-order valence-electron chi connectivity index (χ1n) is 11.3. The number of piperazine rings is 1. The zero-order valence-electron chi connectivity index (χ0n) is 19.2. The third-order valence-corrected chi connectivity index (χ3v) is 15.4. The molecule has 0 spiro atoms. The molecule has 1 atom stereocenters. The summed E-state index contributed by atoms with van der Waals surface area (Å²) in [5.74, 6) is 0.526. The second-order valence-electron chi connectivity index (χ2n) is 7.86. The lowest BCUT2D eigenvalue weighted by Gasteiger charge is -2.46. The Hall–Kier alpha value is 0.234. The number of hydrogen-bond donors (Lipinski definition) is 0. The topological polar surface area (TPSA) is 34.2 Å². The van der Waals surface area contributed by atoms with Crippen LogP contribution in [0.2, 0.25) is 24.2 Å². The van der Waals surface area contributed by atoms with Crippen molar-refractivity contribution in [1.82, 2.24) is 9.47 Å². The second kappa shape index (κ2) is 12.7. The van der Waals surface area contributed by atoms with Gasteiger partial charge in [-0.3, -0.25) is 0 Å². The normalized spacial score (nSPS) is 18.8. The Bertz CT molecular complexity index is 364. The molecular formula is C20H46N2O3Si2.